The van der Waals surface area contributed by atoms with Crippen LogP contribution in [0.15, 0.2) is 43.0 Å². The number of hydrogen-bond donors (Lipinski definition) is 1. The maximum atomic E-state index is 12.7. The summed E-state index contributed by atoms with van der Waals surface area (Å²) in [6.45, 7) is 3.73. The zero-order chi connectivity index (χ0) is 14.4. The molecule has 2 rings (SSSR count). The fourth-order valence-corrected chi connectivity index (χ4v) is 3.12. The Morgan fingerprint density at radius 3 is 2.65 bits per heavy atom. The van der Waals surface area contributed by atoms with Gasteiger partial charge in [0.25, 0.3) is 0 Å². The summed E-state index contributed by atoms with van der Waals surface area (Å²) in [7, 11) is 0. The van der Waals surface area contributed by atoms with Crippen molar-refractivity contribution < 1.29 is 9.90 Å². The summed E-state index contributed by atoms with van der Waals surface area (Å²) in [6.07, 6.45) is 6.23. The van der Waals surface area contributed by atoms with Crippen LogP contribution in [0.4, 0.5) is 0 Å². The summed E-state index contributed by atoms with van der Waals surface area (Å²) < 4.78 is 0. The Balaban J connectivity index is 2.07. The molecule has 1 fully saturated rings. The minimum atomic E-state index is -0.332. The van der Waals surface area contributed by atoms with Crippen LogP contribution in [-0.2, 0) is 11.2 Å². The number of hydrogen-bond acceptors (Lipinski definition) is 2. The molecule has 0 radical (unpaired) electrons. The van der Waals surface area contributed by atoms with Crippen molar-refractivity contribution in [2.45, 2.75) is 44.6 Å². The summed E-state index contributed by atoms with van der Waals surface area (Å²) in [5.74, 6) is 0.399. The van der Waals surface area contributed by atoms with Crippen LogP contribution >= 0.6 is 0 Å². The summed E-state index contributed by atoms with van der Waals surface area (Å²) in [4.78, 5) is 12.7. The van der Waals surface area contributed by atoms with Crippen LogP contribution in [-0.4, -0.2) is 17.0 Å². The molecule has 1 N–H and O–H groups in total. The van der Waals surface area contributed by atoms with Gasteiger partial charge in [0, 0.05) is 11.8 Å². The van der Waals surface area contributed by atoms with E-state index in [-0.39, 0.29) is 17.9 Å². The fraction of sp³-hybridized carbons (Fsp3) is 0.500. The summed E-state index contributed by atoms with van der Waals surface area (Å²) in [5, 5.41) is 10.0. The zero-order valence-corrected chi connectivity index (χ0v) is 12.0. The lowest BCUT2D eigenvalue weighted by atomic mass is 9.84. The van der Waals surface area contributed by atoms with Gasteiger partial charge in [-0.15, -0.1) is 6.58 Å². The van der Waals surface area contributed by atoms with Crippen LogP contribution in [0.3, 0.4) is 0 Å². The van der Waals surface area contributed by atoms with Gasteiger partial charge >= 0.3 is 0 Å². The van der Waals surface area contributed by atoms with Gasteiger partial charge in [0.2, 0.25) is 0 Å². The van der Waals surface area contributed by atoms with Crippen molar-refractivity contribution in [3.05, 3.63) is 48.6 Å². The third kappa shape index (κ3) is 4.04. The molecule has 1 aliphatic rings. The van der Waals surface area contributed by atoms with E-state index >= 15 is 0 Å². The normalized spacial score (nSPS) is 27.1. The van der Waals surface area contributed by atoms with Gasteiger partial charge in [0.05, 0.1) is 6.10 Å². The Hall–Kier alpha value is -1.41. The third-order valence-corrected chi connectivity index (χ3v) is 4.25. The van der Waals surface area contributed by atoms with E-state index in [2.05, 4.69) is 18.7 Å². The molecule has 0 heterocycles. The highest BCUT2D eigenvalue weighted by atomic mass is 16.3. The summed E-state index contributed by atoms with van der Waals surface area (Å²) >= 11 is 0. The number of Topliss-reactive ketones (excluding diaryl/α,β-unsaturated/α-hetero) is 1. The predicted octanol–water partition coefficient (Wildman–Crippen LogP) is 3.54. The van der Waals surface area contributed by atoms with Crippen molar-refractivity contribution in [2.75, 3.05) is 0 Å². The van der Waals surface area contributed by atoms with E-state index in [0.29, 0.717) is 12.2 Å². The van der Waals surface area contributed by atoms with Crippen LogP contribution in [0.1, 0.15) is 37.7 Å². The van der Waals surface area contributed by atoms with Crippen molar-refractivity contribution in [3.63, 3.8) is 0 Å². The number of aliphatic hydroxyl groups excluding tert-OH is 1. The average Bonchev–Trinajstić information content (AvgIpc) is 2.59. The number of aliphatic hydroxyl groups is 1. The van der Waals surface area contributed by atoms with Gasteiger partial charge in [-0.05, 0) is 44.1 Å². The highest BCUT2D eigenvalue weighted by Gasteiger charge is 2.32. The SMILES string of the molecule is C=CCC[C@H]1CC[C@H](O)C[C@@H](Cc2ccccc2)C1=O. The van der Waals surface area contributed by atoms with Gasteiger partial charge in [0.1, 0.15) is 5.78 Å². The van der Waals surface area contributed by atoms with E-state index < -0.39 is 0 Å². The molecule has 0 spiro atoms. The molecule has 2 nitrogen and oxygen atoms in total. The van der Waals surface area contributed by atoms with Gasteiger partial charge in [-0.1, -0.05) is 36.4 Å². The molecule has 1 aromatic carbocycles. The smallest absolute Gasteiger partial charge is 0.139 e. The number of ketones is 1. The molecule has 0 aromatic heterocycles. The minimum Gasteiger partial charge on any atom is -0.393 e. The van der Waals surface area contributed by atoms with E-state index in [1.807, 2.05) is 24.3 Å². The first-order chi connectivity index (χ1) is 9.70. The lowest BCUT2D eigenvalue weighted by Crippen LogP contribution is -2.24. The Morgan fingerprint density at radius 1 is 1.20 bits per heavy atom. The molecule has 108 valence electrons. The highest BCUT2D eigenvalue weighted by molar-refractivity contribution is 5.84. The Labute approximate surface area is 121 Å². The molecule has 0 unspecified atom stereocenters. The number of carbonyl (C=O) groups excluding carboxylic acids is 1. The maximum absolute atomic E-state index is 12.7. The van der Waals surface area contributed by atoms with Crippen molar-refractivity contribution in [3.8, 4) is 0 Å². The van der Waals surface area contributed by atoms with E-state index in [0.717, 1.165) is 32.1 Å². The summed E-state index contributed by atoms with van der Waals surface area (Å²) in [6, 6.07) is 10.1. The minimum absolute atomic E-state index is 0.0373. The lowest BCUT2D eigenvalue weighted by Gasteiger charge is -2.19. The molecule has 20 heavy (non-hydrogen) atoms. The van der Waals surface area contributed by atoms with Crippen LogP contribution in [0.2, 0.25) is 0 Å². The van der Waals surface area contributed by atoms with Gasteiger partial charge in [-0.25, -0.2) is 0 Å². The van der Waals surface area contributed by atoms with Crippen LogP contribution in [0.25, 0.3) is 0 Å². The van der Waals surface area contributed by atoms with Crippen LogP contribution < -0.4 is 0 Å². The lowest BCUT2D eigenvalue weighted by molar-refractivity contribution is -0.127. The van der Waals surface area contributed by atoms with Crippen molar-refractivity contribution in [1.82, 2.24) is 0 Å². The largest absolute Gasteiger partial charge is 0.393 e. The molecule has 1 saturated carbocycles. The standard InChI is InChI=1S/C18H24O2/c1-2-3-9-15-10-11-17(19)13-16(18(15)20)12-14-7-5-4-6-8-14/h2,4-8,15-17,19H,1,3,9-13H2/t15-,16+,17-/m0/s1. The van der Waals surface area contributed by atoms with E-state index in [1.165, 1.54) is 5.56 Å². The van der Waals surface area contributed by atoms with Crippen molar-refractivity contribution in [1.29, 1.82) is 0 Å². The van der Waals surface area contributed by atoms with Crippen LogP contribution in [0, 0.1) is 11.8 Å². The number of allylic oxidation sites excluding steroid dienone is 1. The first kappa shape index (κ1) is 15.0. The maximum Gasteiger partial charge on any atom is 0.139 e. The molecule has 0 amide bonds. The zero-order valence-electron chi connectivity index (χ0n) is 12.0. The quantitative estimate of drug-likeness (QED) is 0.657. The highest BCUT2D eigenvalue weighted by Crippen LogP contribution is 2.30. The molecule has 0 aliphatic heterocycles. The molecule has 1 aliphatic carbocycles. The number of rotatable bonds is 5. The second kappa shape index (κ2) is 7.39. The first-order valence-corrected chi connectivity index (χ1v) is 7.57. The van der Waals surface area contributed by atoms with E-state index in [4.69, 9.17) is 0 Å². The number of carbonyl (C=O) groups is 1. The molecule has 0 bridgehead atoms. The predicted molar refractivity (Wildman–Crippen MR) is 81.4 cm³/mol. The molecule has 2 heteroatoms. The topological polar surface area (TPSA) is 37.3 Å². The molecular weight excluding hydrogens is 248 g/mol. The molecule has 0 saturated heterocycles. The van der Waals surface area contributed by atoms with E-state index in [1.54, 1.807) is 0 Å². The second-order valence-corrected chi connectivity index (χ2v) is 5.82. The van der Waals surface area contributed by atoms with Gasteiger partial charge in [-0.2, -0.15) is 0 Å². The van der Waals surface area contributed by atoms with Gasteiger partial charge in [0.15, 0.2) is 0 Å². The summed E-state index contributed by atoms with van der Waals surface area (Å²) in [5.41, 5.74) is 1.18. The Bertz CT molecular complexity index is 438. The van der Waals surface area contributed by atoms with E-state index in [9.17, 15) is 9.90 Å². The molecule has 1 aromatic rings. The average molecular weight is 272 g/mol. The monoisotopic (exact) mass is 272 g/mol. The molecular formula is C18H24O2. The van der Waals surface area contributed by atoms with Crippen molar-refractivity contribution >= 4 is 5.78 Å². The Morgan fingerprint density at radius 2 is 1.95 bits per heavy atom. The molecule has 3 atom stereocenters. The first-order valence-electron chi connectivity index (χ1n) is 7.57. The third-order valence-electron chi connectivity index (χ3n) is 4.25. The van der Waals surface area contributed by atoms with Crippen molar-refractivity contribution in [2.24, 2.45) is 11.8 Å². The second-order valence-electron chi connectivity index (χ2n) is 5.82. The number of benzene rings is 1. The fourth-order valence-electron chi connectivity index (χ4n) is 3.12. The van der Waals surface area contributed by atoms with Crippen LogP contribution in [0.5, 0.6) is 0 Å². The van der Waals surface area contributed by atoms with Gasteiger partial charge < -0.3 is 5.11 Å². The van der Waals surface area contributed by atoms with Gasteiger partial charge in [-0.3, -0.25) is 4.79 Å². The Kier molecular flexibility index (Phi) is 5.54.